The molecule has 35 valence electrons. The van der Waals surface area contributed by atoms with Crippen LogP contribution in [0.25, 0.3) is 0 Å². The molecule has 0 atom stereocenters. The van der Waals surface area contributed by atoms with Crippen molar-refractivity contribution in [2.45, 2.75) is 28.0 Å². The monoisotopic (exact) mass is 191 g/mol. The van der Waals surface area contributed by atoms with E-state index < -0.39 is 0 Å². The van der Waals surface area contributed by atoms with Gasteiger partial charge in [0.2, 0.25) is 0 Å². The summed E-state index contributed by atoms with van der Waals surface area (Å²) in [6, 6.07) is 0. The summed E-state index contributed by atoms with van der Waals surface area (Å²) in [5.74, 6) is 0. The molecule has 1 radical (unpaired) electrons. The molecule has 1 aliphatic heterocycles. The van der Waals surface area contributed by atoms with Gasteiger partial charge < -0.3 is 0 Å². The molecule has 1 heteroatoms. The van der Waals surface area contributed by atoms with Crippen LogP contribution < -0.4 is 0 Å². The molecule has 0 nitrogen and oxygen atoms in total. The first kappa shape index (κ1) is 4.96. The van der Waals surface area contributed by atoms with Crippen molar-refractivity contribution in [2.24, 2.45) is 0 Å². The summed E-state index contributed by atoms with van der Waals surface area (Å²) in [4.78, 5) is 0. The zero-order valence-corrected chi connectivity index (χ0v) is 6.54. The van der Waals surface area contributed by atoms with Crippen molar-refractivity contribution in [3.63, 3.8) is 0 Å². The summed E-state index contributed by atoms with van der Waals surface area (Å²) in [7, 11) is 0. The van der Waals surface area contributed by atoms with Crippen molar-refractivity contribution < 1.29 is 0 Å². The van der Waals surface area contributed by atoms with Crippen LogP contribution in [0.3, 0.4) is 0 Å². The minimum atomic E-state index is 0.429. The predicted molar refractivity (Wildman–Crippen MR) is 29.2 cm³/mol. The van der Waals surface area contributed by atoms with Crippen molar-refractivity contribution >= 4 is 21.6 Å². The summed E-state index contributed by atoms with van der Waals surface area (Å²) in [5.41, 5.74) is 0. The molecular weight excluding hydrogens is 182 g/mol. The van der Waals surface area contributed by atoms with Crippen LogP contribution in [0.5, 0.6) is 0 Å². The molecule has 0 amide bonds. The van der Waals surface area contributed by atoms with Crippen LogP contribution in [-0.4, -0.2) is 21.6 Å². The Morgan fingerprint density at radius 2 is 1.50 bits per heavy atom. The zero-order valence-electron chi connectivity index (χ0n) is 3.98. The summed E-state index contributed by atoms with van der Waals surface area (Å²) in [6.45, 7) is 0. The van der Waals surface area contributed by atoms with Gasteiger partial charge in [0.05, 0.1) is 0 Å². The van der Waals surface area contributed by atoms with E-state index in [0.29, 0.717) is 21.6 Å². The number of rotatable bonds is 0. The maximum atomic E-state index is 1.65. The van der Waals surface area contributed by atoms with Gasteiger partial charge in [-0.15, -0.1) is 0 Å². The quantitative estimate of drug-likeness (QED) is 0.512. The minimum absolute atomic E-state index is 0.429. The van der Waals surface area contributed by atoms with E-state index in [1.165, 1.54) is 6.42 Å². The van der Waals surface area contributed by atoms with Crippen molar-refractivity contribution in [3.8, 4) is 0 Å². The Bertz CT molecular complexity index is 19.4. The first-order valence-corrected chi connectivity index (χ1v) is 6.24. The van der Waals surface area contributed by atoms with Gasteiger partial charge >= 0.3 is 49.6 Å². The van der Waals surface area contributed by atoms with E-state index in [4.69, 9.17) is 0 Å². The van der Waals surface area contributed by atoms with Crippen LogP contribution >= 0.6 is 0 Å². The standard InChI is InChI=1S/C5H10.Sb/c1-3-5-4-2;/h1-5H2;. The molecule has 0 aliphatic carbocycles. The molecule has 1 rings (SSSR count). The Kier molecular flexibility index (Phi) is 2.40. The number of hydrogen-bond acceptors (Lipinski definition) is 0. The van der Waals surface area contributed by atoms with E-state index in [1.807, 2.05) is 0 Å². The van der Waals surface area contributed by atoms with Gasteiger partial charge in [-0.3, -0.25) is 0 Å². The molecule has 1 aliphatic rings. The number of hydrogen-bond donors (Lipinski definition) is 0. The van der Waals surface area contributed by atoms with Gasteiger partial charge in [-0.25, -0.2) is 0 Å². The molecular formula is C5H10Sb. The van der Waals surface area contributed by atoms with E-state index >= 15 is 0 Å². The van der Waals surface area contributed by atoms with Crippen LogP contribution in [0.15, 0.2) is 0 Å². The SMILES string of the molecule is C1C[CH2][Sb][CH2]C1. The van der Waals surface area contributed by atoms with Crippen LogP contribution in [0.4, 0.5) is 0 Å². The Balaban J connectivity index is 2.00. The molecule has 0 unspecified atom stereocenters. The fraction of sp³-hybridized carbons (Fsp3) is 1.00. The average molecular weight is 192 g/mol. The Hall–Kier alpha value is 0.818. The summed E-state index contributed by atoms with van der Waals surface area (Å²) in [6.07, 6.45) is 4.67. The van der Waals surface area contributed by atoms with Crippen molar-refractivity contribution in [1.29, 1.82) is 0 Å². The van der Waals surface area contributed by atoms with Crippen LogP contribution in [0.2, 0.25) is 8.73 Å². The van der Waals surface area contributed by atoms with E-state index in [2.05, 4.69) is 0 Å². The van der Waals surface area contributed by atoms with Crippen molar-refractivity contribution in [1.82, 2.24) is 0 Å². The Morgan fingerprint density at radius 3 is 1.67 bits per heavy atom. The van der Waals surface area contributed by atoms with E-state index in [0.717, 1.165) is 0 Å². The van der Waals surface area contributed by atoms with Crippen LogP contribution in [-0.2, 0) is 0 Å². The molecule has 0 aromatic carbocycles. The molecule has 6 heavy (non-hydrogen) atoms. The second-order valence-corrected chi connectivity index (χ2v) is 5.56. The third-order valence-corrected chi connectivity index (χ3v) is 4.74. The summed E-state index contributed by atoms with van der Waals surface area (Å²) < 4.78 is 3.30. The summed E-state index contributed by atoms with van der Waals surface area (Å²) >= 11 is 0.429. The van der Waals surface area contributed by atoms with Gasteiger partial charge in [0.25, 0.3) is 0 Å². The fourth-order valence-electron chi connectivity index (χ4n) is 0.736. The molecule has 1 fully saturated rings. The second kappa shape index (κ2) is 2.91. The van der Waals surface area contributed by atoms with Crippen LogP contribution in [0, 0.1) is 0 Å². The normalized spacial score (nSPS) is 24.0. The van der Waals surface area contributed by atoms with Gasteiger partial charge in [0.1, 0.15) is 0 Å². The van der Waals surface area contributed by atoms with Crippen molar-refractivity contribution in [2.75, 3.05) is 0 Å². The van der Waals surface area contributed by atoms with Gasteiger partial charge in [0.15, 0.2) is 0 Å². The third kappa shape index (κ3) is 1.51. The van der Waals surface area contributed by atoms with Gasteiger partial charge in [-0.2, -0.15) is 0 Å². The second-order valence-electron chi connectivity index (χ2n) is 1.73. The van der Waals surface area contributed by atoms with Gasteiger partial charge in [-0.1, -0.05) is 0 Å². The molecule has 1 saturated heterocycles. The van der Waals surface area contributed by atoms with E-state index in [9.17, 15) is 0 Å². The molecule has 0 saturated carbocycles. The Labute approximate surface area is 49.8 Å². The van der Waals surface area contributed by atoms with Gasteiger partial charge in [0, 0.05) is 0 Å². The molecule has 1 heterocycles. The molecule has 0 bridgehead atoms. The molecule has 0 spiro atoms. The van der Waals surface area contributed by atoms with E-state index in [1.54, 1.807) is 21.6 Å². The van der Waals surface area contributed by atoms with E-state index in [-0.39, 0.29) is 0 Å². The molecule has 0 aromatic rings. The van der Waals surface area contributed by atoms with Gasteiger partial charge in [-0.05, 0) is 0 Å². The van der Waals surface area contributed by atoms with Crippen LogP contribution in [0.1, 0.15) is 19.3 Å². The third-order valence-electron chi connectivity index (χ3n) is 1.13. The summed E-state index contributed by atoms with van der Waals surface area (Å²) in [5, 5.41) is 0. The molecule has 0 aromatic heterocycles. The maximum absolute atomic E-state index is 1.65. The Morgan fingerprint density at radius 1 is 0.833 bits per heavy atom. The average Bonchev–Trinajstić information content (AvgIpc) is 1.72. The predicted octanol–water partition coefficient (Wildman–Crippen LogP) is 1.71. The first-order valence-electron chi connectivity index (χ1n) is 2.63. The molecule has 0 N–H and O–H groups in total. The zero-order chi connectivity index (χ0) is 4.24. The fourth-order valence-corrected chi connectivity index (χ4v) is 3.93. The first-order chi connectivity index (χ1) is 3.00. The van der Waals surface area contributed by atoms with Crippen molar-refractivity contribution in [3.05, 3.63) is 0 Å². The topological polar surface area (TPSA) is 0 Å².